The largest absolute Gasteiger partial charge is 0.306 e. The van der Waals surface area contributed by atoms with Gasteiger partial charge in [-0.25, -0.2) is 4.98 Å². The van der Waals surface area contributed by atoms with E-state index in [-0.39, 0.29) is 5.91 Å². The normalized spacial score (nSPS) is 15.1. The molecule has 0 aliphatic heterocycles. The molecule has 2 heterocycles. The summed E-state index contributed by atoms with van der Waals surface area (Å²) in [4.78, 5) is 20.5. The van der Waals surface area contributed by atoms with Gasteiger partial charge < -0.3 is 5.32 Å². The smallest absolute Gasteiger partial charge is 0.256 e. The van der Waals surface area contributed by atoms with Crippen LogP contribution in [0.15, 0.2) is 42.9 Å². The fraction of sp³-hybridized carbons (Fsp3) is 0.294. The van der Waals surface area contributed by atoms with Gasteiger partial charge in [0, 0.05) is 11.8 Å². The van der Waals surface area contributed by atoms with E-state index in [4.69, 9.17) is 0 Å². The molecule has 2 aromatic heterocycles. The molecule has 1 aliphatic carbocycles. The van der Waals surface area contributed by atoms with E-state index in [1.165, 1.54) is 42.1 Å². The van der Waals surface area contributed by atoms with Crippen molar-refractivity contribution in [2.75, 3.05) is 5.32 Å². The van der Waals surface area contributed by atoms with Crippen molar-refractivity contribution in [1.29, 1.82) is 0 Å². The molecule has 0 radical (unpaired) electrons. The lowest BCUT2D eigenvalue weighted by atomic mass is 9.96. The van der Waals surface area contributed by atoms with Crippen LogP contribution in [0.1, 0.15) is 47.5 Å². The molecule has 1 saturated carbocycles. The molecule has 1 aromatic carbocycles. The third-order valence-corrected chi connectivity index (χ3v) is 4.42. The number of anilines is 1. The number of amides is 1. The highest BCUT2D eigenvalue weighted by molar-refractivity contribution is 6.03. The monoisotopic (exact) mass is 307 g/mol. The molecule has 6 heteroatoms. The van der Waals surface area contributed by atoms with Crippen LogP contribution in [-0.4, -0.2) is 25.5 Å². The molecule has 1 N–H and O–H groups in total. The Morgan fingerprint density at radius 3 is 2.65 bits per heavy atom. The number of aromatic nitrogens is 4. The highest BCUT2D eigenvalue weighted by atomic mass is 16.1. The quantitative estimate of drug-likeness (QED) is 0.807. The van der Waals surface area contributed by atoms with Crippen molar-refractivity contribution >= 4 is 17.5 Å². The molecule has 23 heavy (non-hydrogen) atoms. The van der Waals surface area contributed by atoms with Gasteiger partial charge in [0.1, 0.15) is 12.1 Å². The Kier molecular flexibility index (Phi) is 3.49. The number of hydrogen-bond donors (Lipinski definition) is 1. The number of fused-ring (bicyclic) bond motifs is 1. The lowest BCUT2D eigenvalue weighted by Crippen LogP contribution is -2.15. The number of nitrogens with zero attached hydrogens (tertiary/aromatic N) is 4. The Hall–Kier alpha value is -2.76. The standard InChI is InChI=1S/C17H17N5O/c23-16(21-15-9-10-18-17-19-11-20-22(15)17)14-7-5-13(6-8-14)12-3-1-2-4-12/h5-12H,1-4H2,(H,21,23). The maximum atomic E-state index is 12.4. The van der Waals surface area contributed by atoms with Crippen LogP contribution in [0.3, 0.4) is 0 Å². The Labute approximate surface area is 133 Å². The van der Waals surface area contributed by atoms with Gasteiger partial charge in [0.15, 0.2) is 0 Å². The highest BCUT2D eigenvalue weighted by Gasteiger charge is 2.17. The predicted octanol–water partition coefficient (Wildman–Crippen LogP) is 3.03. The van der Waals surface area contributed by atoms with E-state index in [1.54, 1.807) is 12.3 Å². The maximum Gasteiger partial charge on any atom is 0.256 e. The fourth-order valence-corrected chi connectivity index (χ4v) is 3.19. The minimum absolute atomic E-state index is 0.161. The van der Waals surface area contributed by atoms with Crippen molar-refractivity contribution in [3.8, 4) is 0 Å². The number of nitrogens with one attached hydrogen (secondary N) is 1. The topological polar surface area (TPSA) is 72.2 Å². The van der Waals surface area contributed by atoms with Crippen LogP contribution < -0.4 is 5.32 Å². The fourth-order valence-electron chi connectivity index (χ4n) is 3.19. The van der Waals surface area contributed by atoms with Crippen molar-refractivity contribution in [3.05, 3.63) is 54.0 Å². The van der Waals surface area contributed by atoms with Crippen LogP contribution in [0.25, 0.3) is 5.78 Å². The van der Waals surface area contributed by atoms with Gasteiger partial charge in [-0.1, -0.05) is 25.0 Å². The van der Waals surface area contributed by atoms with Crippen molar-refractivity contribution in [2.24, 2.45) is 0 Å². The van der Waals surface area contributed by atoms with Crippen LogP contribution in [0, 0.1) is 0 Å². The SMILES string of the molecule is O=C(Nc1ccnc2ncnn12)c1ccc(C2CCCC2)cc1. The minimum atomic E-state index is -0.161. The number of hydrogen-bond acceptors (Lipinski definition) is 4. The molecular weight excluding hydrogens is 290 g/mol. The molecule has 3 aromatic rings. The van der Waals surface area contributed by atoms with E-state index in [9.17, 15) is 4.79 Å². The summed E-state index contributed by atoms with van der Waals surface area (Å²) < 4.78 is 1.50. The van der Waals surface area contributed by atoms with Crippen LogP contribution in [0.4, 0.5) is 5.82 Å². The maximum absolute atomic E-state index is 12.4. The molecule has 0 spiro atoms. The first-order valence-corrected chi connectivity index (χ1v) is 7.87. The molecule has 1 amide bonds. The second kappa shape index (κ2) is 5.79. The second-order valence-corrected chi connectivity index (χ2v) is 5.86. The zero-order valence-corrected chi connectivity index (χ0v) is 12.6. The average molecular weight is 307 g/mol. The molecule has 116 valence electrons. The summed E-state index contributed by atoms with van der Waals surface area (Å²) in [6, 6.07) is 9.63. The van der Waals surface area contributed by atoms with Gasteiger partial charge in [-0.3, -0.25) is 4.79 Å². The van der Waals surface area contributed by atoms with E-state index in [0.29, 0.717) is 23.1 Å². The zero-order valence-electron chi connectivity index (χ0n) is 12.6. The third kappa shape index (κ3) is 2.67. The van der Waals surface area contributed by atoms with Gasteiger partial charge in [0.2, 0.25) is 0 Å². The summed E-state index contributed by atoms with van der Waals surface area (Å²) in [7, 11) is 0. The number of rotatable bonds is 3. The van der Waals surface area contributed by atoms with E-state index in [2.05, 4.69) is 32.5 Å². The summed E-state index contributed by atoms with van der Waals surface area (Å²) in [5, 5.41) is 6.92. The summed E-state index contributed by atoms with van der Waals surface area (Å²) in [5.74, 6) is 1.50. The molecular formula is C17H17N5O. The molecule has 0 bridgehead atoms. The van der Waals surface area contributed by atoms with E-state index < -0.39 is 0 Å². The molecule has 0 atom stereocenters. The van der Waals surface area contributed by atoms with Gasteiger partial charge in [-0.2, -0.15) is 14.6 Å². The van der Waals surface area contributed by atoms with Gasteiger partial charge in [-0.15, -0.1) is 0 Å². The van der Waals surface area contributed by atoms with Gasteiger partial charge >= 0.3 is 0 Å². The van der Waals surface area contributed by atoms with Gasteiger partial charge in [-0.05, 0) is 42.5 Å². The second-order valence-electron chi connectivity index (χ2n) is 5.86. The first-order valence-electron chi connectivity index (χ1n) is 7.87. The summed E-state index contributed by atoms with van der Waals surface area (Å²) in [6.45, 7) is 0. The molecule has 1 fully saturated rings. The van der Waals surface area contributed by atoms with Crippen molar-refractivity contribution in [1.82, 2.24) is 19.6 Å². The number of benzene rings is 1. The number of carbonyl (C=O) groups excluding carboxylic acids is 1. The number of carbonyl (C=O) groups is 1. The Bertz CT molecular complexity index is 834. The Morgan fingerprint density at radius 2 is 1.87 bits per heavy atom. The predicted molar refractivity (Wildman–Crippen MR) is 86.4 cm³/mol. The van der Waals surface area contributed by atoms with E-state index in [1.807, 2.05) is 12.1 Å². The lowest BCUT2D eigenvalue weighted by Gasteiger charge is -2.10. The molecule has 1 aliphatic rings. The Morgan fingerprint density at radius 1 is 1.09 bits per heavy atom. The summed E-state index contributed by atoms with van der Waals surface area (Å²) >= 11 is 0. The van der Waals surface area contributed by atoms with Crippen LogP contribution in [-0.2, 0) is 0 Å². The van der Waals surface area contributed by atoms with E-state index in [0.717, 1.165) is 0 Å². The van der Waals surface area contributed by atoms with Crippen molar-refractivity contribution in [3.63, 3.8) is 0 Å². The average Bonchev–Trinajstić information content (AvgIpc) is 3.27. The van der Waals surface area contributed by atoms with Crippen LogP contribution >= 0.6 is 0 Å². The van der Waals surface area contributed by atoms with Crippen molar-refractivity contribution < 1.29 is 4.79 Å². The van der Waals surface area contributed by atoms with Crippen molar-refractivity contribution in [2.45, 2.75) is 31.6 Å². The van der Waals surface area contributed by atoms with Crippen LogP contribution in [0.2, 0.25) is 0 Å². The van der Waals surface area contributed by atoms with Gasteiger partial charge in [0.25, 0.3) is 11.7 Å². The molecule has 0 unspecified atom stereocenters. The minimum Gasteiger partial charge on any atom is -0.306 e. The summed E-state index contributed by atoms with van der Waals surface area (Å²) in [5.41, 5.74) is 1.97. The van der Waals surface area contributed by atoms with Crippen LogP contribution in [0.5, 0.6) is 0 Å². The first-order chi connectivity index (χ1) is 11.3. The Balaban J connectivity index is 1.53. The summed E-state index contributed by atoms with van der Waals surface area (Å²) in [6.07, 6.45) is 8.14. The molecule has 4 rings (SSSR count). The highest BCUT2D eigenvalue weighted by Crippen LogP contribution is 2.33. The third-order valence-electron chi connectivity index (χ3n) is 4.42. The molecule has 6 nitrogen and oxygen atoms in total. The molecule has 0 saturated heterocycles. The van der Waals surface area contributed by atoms with E-state index >= 15 is 0 Å². The lowest BCUT2D eigenvalue weighted by molar-refractivity contribution is 0.102. The first kappa shape index (κ1) is 13.9. The zero-order chi connectivity index (χ0) is 15.6. The van der Waals surface area contributed by atoms with Gasteiger partial charge in [0.05, 0.1) is 0 Å².